The van der Waals surface area contributed by atoms with Crippen LogP contribution in [0, 0.1) is 5.82 Å². The lowest BCUT2D eigenvalue weighted by Gasteiger charge is -2.19. The van der Waals surface area contributed by atoms with Crippen LogP contribution in [0.2, 0.25) is 5.02 Å². The molecule has 1 aromatic rings. The van der Waals surface area contributed by atoms with Crippen molar-refractivity contribution in [3.63, 3.8) is 0 Å². The molecule has 0 saturated heterocycles. The van der Waals surface area contributed by atoms with Crippen LogP contribution in [0.4, 0.5) is 4.39 Å². The number of carboxylic acid groups (broad SMARTS) is 1. The Bertz CT molecular complexity index is 403. The number of carboxylic acids is 1. The number of carbonyl (C=O) groups excluding carboxylic acids is 1. The van der Waals surface area contributed by atoms with Crippen molar-refractivity contribution in [3.05, 3.63) is 47.3 Å². The highest BCUT2D eigenvalue weighted by atomic mass is 35.5. The molecule has 0 bridgehead atoms. The molecule has 1 atom stereocenters. The van der Waals surface area contributed by atoms with Crippen molar-refractivity contribution in [2.45, 2.75) is 6.54 Å². The first-order valence-electron chi connectivity index (χ1n) is 5.11. The highest BCUT2D eigenvalue weighted by Gasteiger charge is 2.14. The van der Waals surface area contributed by atoms with Crippen molar-refractivity contribution in [3.8, 4) is 0 Å². The van der Waals surface area contributed by atoms with Gasteiger partial charge in [-0.2, -0.15) is 0 Å². The minimum absolute atomic E-state index is 0.186. The maximum atomic E-state index is 13.5. The standard InChI is InChI=1S/C12H13ClFNO2/c1-2-6-15(8-12(16)17)7-9-10(13)4-3-5-11(9)14/h2-5H,1,6-8H2,(H,16,17). The van der Waals surface area contributed by atoms with E-state index in [2.05, 4.69) is 6.58 Å². The summed E-state index contributed by atoms with van der Waals surface area (Å²) >= 11 is 5.87. The lowest BCUT2D eigenvalue weighted by atomic mass is 10.2. The molecule has 5 heteroatoms. The SMILES string of the molecule is C=CC[NH+](CC(=O)[O-])Cc1c(F)cccc1Cl. The van der Waals surface area contributed by atoms with Gasteiger partial charge in [-0.15, -0.1) is 0 Å². The zero-order valence-corrected chi connectivity index (χ0v) is 9.97. The second kappa shape index (κ2) is 6.37. The summed E-state index contributed by atoms with van der Waals surface area (Å²) in [5, 5.41) is 10.8. The Morgan fingerprint density at radius 3 is 2.82 bits per heavy atom. The number of benzene rings is 1. The van der Waals surface area contributed by atoms with Crippen molar-refractivity contribution >= 4 is 17.6 Å². The lowest BCUT2D eigenvalue weighted by molar-refractivity contribution is -0.902. The van der Waals surface area contributed by atoms with E-state index < -0.39 is 11.8 Å². The van der Waals surface area contributed by atoms with Crippen molar-refractivity contribution in [1.29, 1.82) is 0 Å². The van der Waals surface area contributed by atoms with Crippen LogP contribution in [0.1, 0.15) is 5.56 Å². The topological polar surface area (TPSA) is 44.6 Å². The van der Waals surface area contributed by atoms with Gasteiger partial charge in [-0.3, -0.25) is 0 Å². The summed E-state index contributed by atoms with van der Waals surface area (Å²) in [6.07, 6.45) is 1.58. The summed E-state index contributed by atoms with van der Waals surface area (Å²) in [6.45, 7) is 3.91. The molecule has 0 aliphatic rings. The zero-order chi connectivity index (χ0) is 12.8. The number of carbonyl (C=O) groups is 1. The highest BCUT2D eigenvalue weighted by Crippen LogP contribution is 2.17. The van der Waals surface area contributed by atoms with Crippen molar-refractivity contribution in [2.75, 3.05) is 13.1 Å². The Labute approximate surface area is 104 Å². The molecule has 0 aliphatic heterocycles. The number of rotatable bonds is 6. The van der Waals surface area contributed by atoms with Gasteiger partial charge in [-0.05, 0) is 18.2 Å². The minimum atomic E-state index is -1.19. The first kappa shape index (κ1) is 13.7. The number of halogens is 2. The number of hydrogen-bond donors (Lipinski definition) is 1. The fourth-order valence-electron chi connectivity index (χ4n) is 1.57. The van der Waals surface area contributed by atoms with Gasteiger partial charge in [0.2, 0.25) is 0 Å². The predicted molar refractivity (Wildman–Crippen MR) is 61.0 cm³/mol. The third-order valence-electron chi connectivity index (χ3n) is 2.32. The van der Waals surface area contributed by atoms with E-state index in [1.54, 1.807) is 12.1 Å². The van der Waals surface area contributed by atoms with Crippen LogP contribution in [-0.2, 0) is 11.3 Å². The molecule has 1 unspecified atom stereocenters. The highest BCUT2D eigenvalue weighted by molar-refractivity contribution is 6.31. The number of quaternary nitrogens is 1. The summed E-state index contributed by atoms with van der Waals surface area (Å²) in [5.41, 5.74) is 0.312. The molecule has 92 valence electrons. The summed E-state index contributed by atoms with van der Waals surface area (Å²) in [5.74, 6) is -1.62. The van der Waals surface area contributed by atoms with Gasteiger partial charge < -0.3 is 14.8 Å². The van der Waals surface area contributed by atoms with Crippen LogP contribution in [0.15, 0.2) is 30.9 Å². The average molecular weight is 258 g/mol. The molecule has 17 heavy (non-hydrogen) atoms. The van der Waals surface area contributed by atoms with Crippen molar-refractivity contribution in [1.82, 2.24) is 0 Å². The quantitative estimate of drug-likeness (QED) is 0.718. The molecule has 1 aromatic carbocycles. The molecular formula is C12H13ClFNO2. The van der Waals surface area contributed by atoms with E-state index in [4.69, 9.17) is 11.6 Å². The van der Waals surface area contributed by atoms with Gasteiger partial charge in [0.15, 0.2) is 0 Å². The fourth-order valence-corrected chi connectivity index (χ4v) is 1.80. The van der Waals surface area contributed by atoms with Gasteiger partial charge in [-0.1, -0.05) is 24.2 Å². The Hall–Kier alpha value is -1.39. The molecule has 0 amide bonds. The number of aliphatic carboxylic acids is 1. The van der Waals surface area contributed by atoms with E-state index in [0.717, 1.165) is 0 Å². The molecular weight excluding hydrogens is 245 g/mol. The third kappa shape index (κ3) is 4.17. The summed E-state index contributed by atoms with van der Waals surface area (Å²) in [7, 11) is 0. The minimum Gasteiger partial charge on any atom is -0.544 e. The fraction of sp³-hybridized carbons (Fsp3) is 0.250. The van der Waals surface area contributed by atoms with Crippen molar-refractivity contribution < 1.29 is 19.2 Å². The van der Waals surface area contributed by atoms with Crippen LogP contribution >= 0.6 is 11.6 Å². The molecule has 3 nitrogen and oxygen atoms in total. The van der Waals surface area contributed by atoms with Crippen LogP contribution in [0.3, 0.4) is 0 Å². The third-order valence-corrected chi connectivity index (χ3v) is 2.67. The molecule has 1 N–H and O–H groups in total. The molecule has 0 spiro atoms. The summed E-state index contributed by atoms with van der Waals surface area (Å²) in [4.78, 5) is 11.2. The first-order chi connectivity index (χ1) is 8.04. The zero-order valence-electron chi connectivity index (χ0n) is 9.21. The normalized spacial score (nSPS) is 12.1. The van der Waals surface area contributed by atoms with E-state index in [0.29, 0.717) is 22.0 Å². The van der Waals surface area contributed by atoms with Gasteiger partial charge >= 0.3 is 0 Å². The van der Waals surface area contributed by atoms with Crippen LogP contribution in [0.25, 0.3) is 0 Å². The maximum Gasteiger partial charge on any atom is 0.133 e. The Morgan fingerprint density at radius 2 is 2.29 bits per heavy atom. The summed E-state index contributed by atoms with van der Waals surface area (Å²) in [6, 6.07) is 4.38. The van der Waals surface area contributed by atoms with Crippen molar-refractivity contribution in [2.24, 2.45) is 0 Å². The van der Waals surface area contributed by atoms with E-state index in [1.807, 2.05) is 0 Å². The van der Waals surface area contributed by atoms with E-state index in [1.165, 1.54) is 12.1 Å². The largest absolute Gasteiger partial charge is 0.544 e. The van der Waals surface area contributed by atoms with Crippen LogP contribution < -0.4 is 10.0 Å². The first-order valence-corrected chi connectivity index (χ1v) is 5.49. The second-order valence-electron chi connectivity index (χ2n) is 3.67. The number of hydrogen-bond acceptors (Lipinski definition) is 2. The van der Waals surface area contributed by atoms with Gasteiger partial charge in [0.25, 0.3) is 0 Å². The predicted octanol–water partition coefficient (Wildman–Crippen LogP) is -0.200. The monoisotopic (exact) mass is 257 g/mol. The molecule has 0 radical (unpaired) electrons. The molecule has 0 aromatic heterocycles. The smallest absolute Gasteiger partial charge is 0.133 e. The van der Waals surface area contributed by atoms with Gasteiger partial charge in [0, 0.05) is 0 Å². The molecule has 0 heterocycles. The Kier molecular flexibility index (Phi) is 5.12. The lowest BCUT2D eigenvalue weighted by Crippen LogP contribution is -3.12. The molecule has 1 rings (SSSR count). The maximum absolute atomic E-state index is 13.5. The van der Waals surface area contributed by atoms with Gasteiger partial charge in [-0.25, -0.2) is 4.39 Å². The molecule has 0 saturated carbocycles. The van der Waals surface area contributed by atoms with Gasteiger partial charge in [0.1, 0.15) is 18.9 Å². The Balaban J connectivity index is 2.85. The van der Waals surface area contributed by atoms with Crippen LogP contribution in [0.5, 0.6) is 0 Å². The average Bonchev–Trinajstić information content (AvgIpc) is 2.23. The second-order valence-corrected chi connectivity index (χ2v) is 4.08. The van der Waals surface area contributed by atoms with E-state index >= 15 is 0 Å². The molecule has 0 fully saturated rings. The summed E-state index contributed by atoms with van der Waals surface area (Å²) < 4.78 is 13.5. The number of nitrogens with one attached hydrogen (secondary N) is 1. The van der Waals surface area contributed by atoms with E-state index in [-0.39, 0.29) is 13.1 Å². The Morgan fingerprint density at radius 1 is 1.59 bits per heavy atom. The van der Waals surface area contributed by atoms with E-state index in [9.17, 15) is 14.3 Å². The van der Waals surface area contributed by atoms with Gasteiger partial charge in [0.05, 0.1) is 23.1 Å². The molecule has 0 aliphatic carbocycles. The van der Waals surface area contributed by atoms with Crippen LogP contribution in [-0.4, -0.2) is 19.1 Å².